The molecule has 0 bridgehead atoms. The predicted octanol–water partition coefficient (Wildman–Crippen LogP) is 4.70. The highest BCUT2D eigenvalue weighted by molar-refractivity contribution is 5.92. The molecular weight excluding hydrogens is 568 g/mol. The number of carboxylic acids is 1. The first kappa shape index (κ1) is 30.6. The van der Waals surface area contributed by atoms with Gasteiger partial charge in [0.15, 0.2) is 5.75 Å². The Bertz CT molecular complexity index is 1510. The average Bonchev–Trinajstić information content (AvgIpc) is 3.58. The van der Waals surface area contributed by atoms with Gasteiger partial charge in [-0.25, -0.2) is 4.79 Å². The molecule has 45 heavy (non-hydrogen) atoms. The lowest BCUT2D eigenvalue weighted by atomic mass is 10.1. The summed E-state index contributed by atoms with van der Waals surface area (Å²) in [5, 5.41) is 12.8. The van der Waals surface area contributed by atoms with E-state index in [2.05, 4.69) is 34.5 Å². The largest absolute Gasteiger partial charge is 0.478 e. The Kier molecular flexibility index (Phi) is 9.35. The fourth-order valence-electron chi connectivity index (χ4n) is 6.44. The number of aromatic carboxylic acids is 1. The molecule has 6 rings (SSSR count). The number of ether oxygens (including phenoxy) is 1. The maximum absolute atomic E-state index is 13.8. The maximum atomic E-state index is 13.8. The van der Waals surface area contributed by atoms with Gasteiger partial charge in [0, 0.05) is 26.2 Å². The molecule has 3 aromatic rings. The zero-order chi connectivity index (χ0) is 31.3. The van der Waals surface area contributed by atoms with Crippen LogP contribution in [0.15, 0.2) is 66.7 Å². The second-order valence-corrected chi connectivity index (χ2v) is 12.5. The first-order chi connectivity index (χ1) is 21.8. The summed E-state index contributed by atoms with van der Waals surface area (Å²) in [6.45, 7) is 3.13. The van der Waals surface area contributed by atoms with E-state index in [9.17, 15) is 19.5 Å². The number of nitrogens with zero attached hydrogens (tertiary/aromatic N) is 3. The summed E-state index contributed by atoms with van der Waals surface area (Å²) < 4.78 is 6.30. The highest BCUT2D eigenvalue weighted by atomic mass is 16.5. The lowest BCUT2D eigenvalue weighted by Crippen LogP contribution is -2.47. The number of fused-ring (bicyclic) bond motifs is 1. The molecule has 0 spiro atoms. The first-order valence-corrected chi connectivity index (χ1v) is 16.1. The van der Waals surface area contributed by atoms with E-state index in [-0.39, 0.29) is 36.5 Å². The summed E-state index contributed by atoms with van der Waals surface area (Å²) in [7, 11) is 1.81. The summed E-state index contributed by atoms with van der Waals surface area (Å²) in [5.74, 6) is 0.105. The zero-order valence-corrected chi connectivity index (χ0v) is 25.9. The highest BCUT2D eigenvalue weighted by Crippen LogP contribution is 2.41. The van der Waals surface area contributed by atoms with Crippen molar-refractivity contribution in [1.82, 2.24) is 15.1 Å². The van der Waals surface area contributed by atoms with E-state index in [1.54, 1.807) is 22.9 Å². The molecule has 0 radical (unpaired) electrons. The highest BCUT2D eigenvalue weighted by Gasteiger charge is 2.30. The molecule has 9 heteroatoms. The molecule has 2 amide bonds. The quantitative estimate of drug-likeness (QED) is 0.289. The molecule has 236 valence electrons. The molecule has 2 N–H and O–H groups in total. The molecule has 1 aliphatic heterocycles. The lowest BCUT2D eigenvalue weighted by Gasteiger charge is -2.30. The van der Waals surface area contributed by atoms with Crippen LogP contribution in [0, 0.1) is 0 Å². The maximum Gasteiger partial charge on any atom is 0.335 e. The van der Waals surface area contributed by atoms with Crippen LogP contribution in [0.3, 0.4) is 0 Å². The van der Waals surface area contributed by atoms with E-state index < -0.39 is 5.97 Å². The Hall–Kier alpha value is -4.37. The number of hydrogen-bond acceptors (Lipinski definition) is 6. The van der Waals surface area contributed by atoms with Crippen molar-refractivity contribution < 1.29 is 24.2 Å². The Balaban J connectivity index is 1.23. The summed E-state index contributed by atoms with van der Waals surface area (Å²) in [4.78, 5) is 44.9. The number of likely N-dealkylation sites (N-methyl/N-ethyl adjacent to an activating group) is 1. The number of carboxylic acid groups (broad SMARTS) is 1. The van der Waals surface area contributed by atoms with Crippen LogP contribution >= 0.6 is 0 Å². The molecule has 0 unspecified atom stereocenters. The van der Waals surface area contributed by atoms with Crippen molar-refractivity contribution in [2.45, 2.75) is 50.5 Å². The second kappa shape index (κ2) is 13.7. The number of anilines is 1. The minimum atomic E-state index is -1.10. The SMILES string of the molecule is CN(C(=O)CN(CC(=O)NCCN1CCCC1)c1cc(C(=O)O)ccc1Oc1ccc(C2CC2)cc1)C1Cc2ccccc2C1. The van der Waals surface area contributed by atoms with Crippen molar-refractivity contribution in [1.29, 1.82) is 0 Å². The van der Waals surface area contributed by atoms with Gasteiger partial charge in [0.1, 0.15) is 5.75 Å². The van der Waals surface area contributed by atoms with Gasteiger partial charge < -0.3 is 29.9 Å². The third kappa shape index (κ3) is 7.65. The molecule has 1 saturated carbocycles. The molecular formula is C36H42N4O5. The number of carbonyl (C=O) groups is 3. The average molecular weight is 611 g/mol. The van der Waals surface area contributed by atoms with E-state index in [0.717, 1.165) is 32.5 Å². The second-order valence-electron chi connectivity index (χ2n) is 12.5. The van der Waals surface area contributed by atoms with Crippen molar-refractivity contribution in [3.05, 3.63) is 89.0 Å². The Morgan fingerprint density at radius 2 is 1.62 bits per heavy atom. The smallest absolute Gasteiger partial charge is 0.335 e. The van der Waals surface area contributed by atoms with E-state index in [1.165, 1.54) is 54.5 Å². The van der Waals surface area contributed by atoms with Crippen LogP contribution in [0.25, 0.3) is 0 Å². The normalized spacial score (nSPS) is 16.3. The number of hydrogen-bond donors (Lipinski definition) is 2. The van der Waals surface area contributed by atoms with Crippen molar-refractivity contribution in [3.63, 3.8) is 0 Å². The van der Waals surface area contributed by atoms with Gasteiger partial charge >= 0.3 is 5.97 Å². The molecule has 0 aromatic heterocycles. The van der Waals surface area contributed by atoms with Gasteiger partial charge in [-0.1, -0.05) is 36.4 Å². The molecule has 1 saturated heterocycles. The number of carbonyl (C=O) groups excluding carboxylic acids is 2. The van der Waals surface area contributed by atoms with E-state index >= 15 is 0 Å². The van der Waals surface area contributed by atoms with Crippen molar-refractivity contribution in [3.8, 4) is 11.5 Å². The minimum Gasteiger partial charge on any atom is -0.478 e. The van der Waals surface area contributed by atoms with Gasteiger partial charge in [-0.3, -0.25) is 9.59 Å². The van der Waals surface area contributed by atoms with Crippen molar-refractivity contribution in [2.75, 3.05) is 51.2 Å². The van der Waals surface area contributed by atoms with E-state index in [0.29, 0.717) is 29.6 Å². The summed E-state index contributed by atoms with van der Waals surface area (Å²) in [6.07, 6.45) is 6.30. The molecule has 3 aromatic carbocycles. The summed E-state index contributed by atoms with van der Waals surface area (Å²) in [6, 6.07) is 20.8. The zero-order valence-electron chi connectivity index (χ0n) is 25.9. The van der Waals surface area contributed by atoms with Crippen molar-refractivity contribution >= 4 is 23.5 Å². The predicted molar refractivity (Wildman–Crippen MR) is 173 cm³/mol. The van der Waals surface area contributed by atoms with E-state index in [4.69, 9.17) is 4.74 Å². The molecule has 9 nitrogen and oxygen atoms in total. The van der Waals surface area contributed by atoms with Crippen LogP contribution in [-0.2, 0) is 22.4 Å². The Morgan fingerprint density at radius 3 is 2.27 bits per heavy atom. The van der Waals surface area contributed by atoms with Crippen LogP contribution in [0.5, 0.6) is 11.5 Å². The molecule has 2 aliphatic carbocycles. The standard InChI is InChI=1S/C36H42N4O5/c1-38(30-20-27-6-2-3-7-28(27)21-30)35(42)24-40(23-34(41)37-16-19-39-17-4-5-18-39)32-22-29(36(43)44)12-15-33(32)45-31-13-10-26(11-14-31)25-8-9-25/h2-3,6-7,10-15,22,25,30H,4-5,8-9,16-21,23-24H2,1H3,(H,37,41)(H,43,44). The molecule has 0 atom stereocenters. The number of amides is 2. The fraction of sp³-hybridized carbons (Fsp3) is 0.417. The topological polar surface area (TPSA) is 102 Å². The van der Waals surface area contributed by atoms with Gasteiger partial charge in [-0.2, -0.15) is 0 Å². The van der Waals surface area contributed by atoms with Gasteiger partial charge in [0.05, 0.1) is 24.3 Å². The molecule has 1 heterocycles. The van der Waals surface area contributed by atoms with Gasteiger partial charge in [-0.15, -0.1) is 0 Å². The fourth-order valence-corrected chi connectivity index (χ4v) is 6.44. The van der Waals surface area contributed by atoms with Gasteiger partial charge in [0.25, 0.3) is 0 Å². The van der Waals surface area contributed by atoms with Crippen LogP contribution in [-0.4, -0.2) is 85.0 Å². The van der Waals surface area contributed by atoms with Crippen molar-refractivity contribution in [2.24, 2.45) is 0 Å². The van der Waals surface area contributed by atoms with Gasteiger partial charge in [0.2, 0.25) is 11.8 Å². The first-order valence-electron chi connectivity index (χ1n) is 16.1. The minimum absolute atomic E-state index is 0.0112. The number of rotatable bonds is 13. The van der Waals surface area contributed by atoms with Gasteiger partial charge in [-0.05, 0) is 105 Å². The summed E-state index contributed by atoms with van der Waals surface area (Å²) >= 11 is 0. The lowest BCUT2D eigenvalue weighted by molar-refractivity contribution is -0.130. The Labute approximate surface area is 264 Å². The van der Waals surface area contributed by atoms with E-state index in [1.807, 2.05) is 24.3 Å². The van der Waals surface area contributed by atoms with Crippen LogP contribution < -0.4 is 15.0 Å². The molecule has 3 aliphatic rings. The molecule has 2 fully saturated rings. The third-order valence-electron chi connectivity index (χ3n) is 9.28. The van der Waals surface area contributed by atoms with Crippen LogP contribution in [0.4, 0.5) is 5.69 Å². The monoisotopic (exact) mass is 610 g/mol. The Morgan fingerprint density at radius 1 is 0.933 bits per heavy atom. The number of nitrogens with one attached hydrogen (secondary N) is 1. The van der Waals surface area contributed by atoms with Crippen LogP contribution in [0.2, 0.25) is 0 Å². The third-order valence-corrected chi connectivity index (χ3v) is 9.28. The van der Waals surface area contributed by atoms with Crippen LogP contribution in [0.1, 0.15) is 58.6 Å². The number of benzene rings is 3. The number of likely N-dealkylation sites (tertiary alicyclic amines) is 1. The summed E-state index contributed by atoms with van der Waals surface area (Å²) in [5.41, 5.74) is 4.20.